The summed E-state index contributed by atoms with van der Waals surface area (Å²) < 4.78 is 5.94. The van der Waals surface area contributed by atoms with Crippen LogP contribution in [0.5, 0.6) is 0 Å². The van der Waals surface area contributed by atoms with Gasteiger partial charge in [0.25, 0.3) is 0 Å². The maximum absolute atomic E-state index is 11.3. The van der Waals surface area contributed by atoms with E-state index in [4.69, 9.17) is 4.74 Å². The molecule has 0 fully saturated rings. The predicted molar refractivity (Wildman–Crippen MR) is 125 cm³/mol. The molecule has 0 atom stereocenters. The van der Waals surface area contributed by atoms with Crippen LogP contribution in [0.4, 0.5) is 4.79 Å². The van der Waals surface area contributed by atoms with Gasteiger partial charge in [-0.3, -0.25) is 0 Å². The third kappa shape index (κ3) is 5.23. The molecule has 0 radical (unpaired) electrons. The summed E-state index contributed by atoms with van der Waals surface area (Å²) in [7, 11) is -0.631. The van der Waals surface area contributed by atoms with Gasteiger partial charge in [-0.1, -0.05) is 0 Å². The van der Waals surface area contributed by atoms with Gasteiger partial charge in [0.15, 0.2) is 0 Å². The predicted octanol–water partition coefficient (Wildman–Crippen LogP) is 2.66. The third-order valence-electron chi connectivity index (χ3n) is 5.18. The van der Waals surface area contributed by atoms with Crippen LogP contribution in [-0.2, 0) is 4.74 Å². The van der Waals surface area contributed by atoms with Crippen LogP contribution in [0.15, 0.2) is 91.0 Å². The normalized spacial score (nSPS) is 11.6. The number of hydrogen-bond acceptors (Lipinski definition) is 2. The minimum atomic E-state index is -2.24. The molecule has 152 valence electrons. The van der Waals surface area contributed by atoms with E-state index >= 15 is 0 Å². The van der Waals surface area contributed by atoms with E-state index in [-0.39, 0.29) is 6.03 Å². The van der Waals surface area contributed by atoms with Gasteiger partial charge < -0.3 is 0 Å². The molecule has 3 aromatic rings. The zero-order valence-corrected chi connectivity index (χ0v) is 17.8. The fourth-order valence-electron chi connectivity index (χ4n) is 3.75. The third-order valence-corrected chi connectivity index (χ3v) is 10.1. The quantitative estimate of drug-likeness (QED) is 0.423. The molecule has 2 amide bonds. The van der Waals surface area contributed by atoms with Gasteiger partial charge in [0.05, 0.1) is 0 Å². The Kier molecular flexibility index (Phi) is 7.80. The Morgan fingerprint density at radius 3 is 1.62 bits per heavy atom. The second-order valence-electron chi connectivity index (χ2n) is 6.87. The number of benzene rings is 3. The summed E-state index contributed by atoms with van der Waals surface area (Å²) in [6.45, 7) is 1.63. The van der Waals surface area contributed by atoms with Crippen molar-refractivity contribution in [3.63, 3.8) is 0 Å². The molecular formula is C24H29N2O2P. The molecule has 0 bridgehead atoms. The van der Waals surface area contributed by atoms with Gasteiger partial charge in [-0.2, -0.15) is 0 Å². The second-order valence-corrected chi connectivity index (χ2v) is 10.9. The van der Waals surface area contributed by atoms with Crippen molar-refractivity contribution in [2.45, 2.75) is 0 Å². The molecule has 0 aliphatic rings. The Labute approximate surface area is 173 Å². The first-order valence-electron chi connectivity index (χ1n) is 9.97. The van der Waals surface area contributed by atoms with Gasteiger partial charge >= 0.3 is 173 Å². The van der Waals surface area contributed by atoms with Crippen molar-refractivity contribution >= 4 is 29.2 Å². The molecule has 0 aliphatic carbocycles. The van der Waals surface area contributed by atoms with Crippen molar-refractivity contribution in [2.24, 2.45) is 0 Å². The van der Waals surface area contributed by atoms with E-state index in [0.717, 1.165) is 6.16 Å². The van der Waals surface area contributed by atoms with E-state index in [1.807, 2.05) is 0 Å². The Morgan fingerprint density at radius 1 is 0.759 bits per heavy atom. The van der Waals surface area contributed by atoms with E-state index in [9.17, 15) is 4.79 Å². The number of carbonyl (C=O) groups excluding carboxylic acids is 1. The molecule has 3 rings (SSSR count). The van der Waals surface area contributed by atoms with Gasteiger partial charge in [-0.05, 0) is 0 Å². The maximum atomic E-state index is 11.3. The molecule has 3 aromatic carbocycles. The van der Waals surface area contributed by atoms with E-state index in [0.29, 0.717) is 19.8 Å². The van der Waals surface area contributed by atoms with Gasteiger partial charge in [0.2, 0.25) is 0 Å². The van der Waals surface area contributed by atoms with Crippen molar-refractivity contribution in [1.82, 2.24) is 10.6 Å². The summed E-state index contributed by atoms with van der Waals surface area (Å²) in [5.41, 5.74) is 0. The molecule has 29 heavy (non-hydrogen) atoms. The van der Waals surface area contributed by atoms with Crippen LogP contribution in [0.1, 0.15) is 0 Å². The Bertz CT molecular complexity index is 776. The number of urea groups is 1. The van der Waals surface area contributed by atoms with Gasteiger partial charge in [-0.25, -0.2) is 0 Å². The molecule has 0 saturated carbocycles. The molecule has 0 aliphatic heterocycles. The SMILES string of the molecule is CNC(=O)NCCOCC[PH](c1ccccc1)(c1ccccc1)c1ccccc1. The standard InChI is InChI=1S/C24H29N2O2P/c1-25-24(27)26-17-18-28-19-20-29(21-11-5-2-6-12-21,22-13-7-3-8-14-22)23-15-9-4-10-16-23/h2-16,29H,17-20H2,1H3,(H2,25,26,27). The van der Waals surface area contributed by atoms with E-state index < -0.39 is 7.26 Å². The number of hydrogen-bond donors (Lipinski definition) is 2. The summed E-state index contributed by atoms with van der Waals surface area (Å²) in [6, 6.07) is 32.3. The molecule has 0 heterocycles. The number of amides is 2. The Hall–Kier alpha value is -2.68. The summed E-state index contributed by atoms with van der Waals surface area (Å²) in [5, 5.41) is 9.44. The van der Waals surface area contributed by atoms with Crippen molar-refractivity contribution in [3.8, 4) is 0 Å². The molecular weight excluding hydrogens is 379 g/mol. The van der Waals surface area contributed by atoms with Crippen LogP contribution in [-0.4, -0.2) is 39.0 Å². The molecule has 0 aromatic heterocycles. The van der Waals surface area contributed by atoms with Gasteiger partial charge in [0, 0.05) is 0 Å². The van der Waals surface area contributed by atoms with Crippen molar-refractivity contribution < 1.29 is 9.53 Å². The van der Waals surface area contributed by atoms with Crippen molar-refractivity contribution in [2.75, 3.05) is 33.0 Å². The molecule has 0 saturated heterocycles. The molecule has 4 nitrogen and oxygen atoms in total. The summed E-state index contributed by atoms with van der Waals surface area (Å²) in [4.78, 5) is 11.3. The Balaban J connectivity index is 1.88. The summed E-state index contributed by atoms with van der Waals surface area (Å²) in [5.74, 6) is 0. The first-order valence-corrected chi connectivity index (χ1v) is 12.2. The van der Waals surface area contributed by atoms with Gasteiger partial charge in [0.1, 0.15) is 0 Å². The molecule has 0 spiro atoms. The minimum absolute atomic E-state index is 0.185. The molecule has 5 heteroatoms. The second kappa shape index (κ2) is 10.8. The van der Waals surface area contributed by atoms with Crippen molar-refractivity contribution in [1.29, 1.82) is 0 Å². The van der Waals surface area contributed by atoms with E-state index in [2.05, 4.69) is 102 Å². The fourth-order valence-corrected chi connectivity index (χ4v) is 8.35. The van der Waals surface area contributed by atoms with Crippen LogP contribution < -0.4 is 26.5 Å². The van der Waals surface area contributed by atoms with Crippen molar-refractivity contribution in [3.05, 3.63) is 91.0 Å². The van der Waals surface area contributed by atoms with Gasteiger partial charge in [-0.15, -0.1) is 0 Å². The first kappa shape index (κ1) is 21.0. The molecule has 2 N–H and O–H groups in total. The zero-order valence-electron chi connectivity index (χ0n) is 16.8. The van der Waals surface area contributed by atoms with Crippen LogP contribution in [0, 0.1) is 0 Å². The summed E-state index contributed by atoms with van der Waals surface area (Å²) >= 11 is 0. The topological polar surface area (TPSA) is 50.4 Å². The Morgan fingerprint density at radius 2 is 1.21 bits per heavy atom. The first-order chi connectivity index (χ1) is 14.3. The summed E-state index contributed by atoms with van der Waals surface area (Å²) in [6.07, 6.45) is 0.936. The van der Waals surface area contributed by atoms with Crippen LogP contribution >= 0.6 is 7.26 Å². The fraction of sp³-hybridized carbons (Fsp3) is 0.208. The van der Waals surface area contributed by atoms with Crippen LogP contribution in [0.3, 0.4) is 0 Å². The number of rotatable bonds is 9. The van der Waals surface area contributed by atoms with E-state index in [1.54, 1.807) is 7.05 Å². The average Bonchev–Trinajstić information content (AvgIpc) is 2.80. The zero-order chi connectivity index (χ0) is 20.4. The molecule has 0 unspecified atom stereocenters. The number of nitrogens with one attached hydrogen (secondary N) is 2. The number of carbonyl (C=O) groups is 1. The monoisotopic (exact) mass is 408 g/mol. The number of ether oxygens (including phenoxy) is 1. The van der Waals surface area contributed by atoms with Crippen LogP contribution in [0.25, 0.3) is 0 Å². The van der Waals surface area contributed by atoms with E-state index in [1.165, 1.54) is 15.9 Å². The average molecular weight is 408 g/mol. The van der Waals surface area contributed by atoms with Crippen LogP contribution in [0.2, 0.25) is 0 Å².